The van der Waals surface area contributed by atoms with E-state index < -0.39 is 0 Å². The van der Waals surface area contributed by atoms with E-state index >= 15 is 0 Å². The van der Waals surface area contributed by atoms with Crippen LogP contribution in [-0.4, -0.2) is 37.4 Å². The van der Waals surface area contributed by atoms with Gasteiger partial charge in [-0.3, -0.25) is 9.69 Å². The average molecular weight is 296 g/mol. The van der Waals surface area contributed by atoms with Gasteiger partial charge in [0.05, 0.1) is 18.7 Å². The fraction of sp³-hybridized carbons (Fsp3) is 0.562. The number of nitrogens with zero attached hydrogens (tertiary/aromatic N) is 1. The SMILES string of the molecule is COc1ccc(Cl)c(C(=O)CN2CC(C)CC(C)C2)c1. The van der Waals surface area contributed by atoms with Gasteiger partial charge in [0.2, 0.25) is 0 Å². The number of benzene rings is 1. The number of carbonyl (C=O) groups excluding carboxylic acids is 1. The summed E-state index contributed by atoms with van der Waals surface area (Å²) in [6.45, 7) is 6.88. The highest BCUT2D eigenvalue weighted by molar-refractivity contribution is 6.34. The number of Topliss-reactive ketones (excluding diaryl/α,β-unsaturated/α-hetero) is 1. The second kappa shape index (κ2) is 6.59. The molecule has 0 spiro atoms. The normalized spacial score (nSPS) is 23.6. The van der Waals surface area contributed by atoms with E-state index in [1.165, 1.54) is 6.42 Å². The molecule has 0 amide bonds. The summed E-state index contributed by atoms with van der Waals surface area (Å²) in [6.07, 6.45) is 1.24. The Bertz CT molecular complexity index is 479. The summed E-state index contributed by atoms with van der Waals surface area (Å²) in [4.78, 5) is 14.7. The Morgan fingerprint density at radius 2 is 2.00 bits per heavy atom. The molecule has 0 aromatic heterocycles. The van der Waals surface area contributed by atoms with Gasteiger partial charge in [0, 0.05) is 18.7 Å². The molecule has 2 unspecified atom stereocenters. The van der Waals surface area contributed by atoms with Gasteiger partial charge in [0.1, 0.15) is 5.75 Å². The van der Waals surface area contributed by atoms with Gasteiger partial charge in [-0.1, -0.05) is 25.4 Å². The first-order valence-electron chi connectivity index (χ1n) is 7.08. The van der Waals surface area contributed by atoms with E-state index in [1.54, 1.807) is 25.3 Å². The first-order chi connectivity index (χ1) is 9.49. The molecule has 110 valence electrons. The van der Waals surface area contributed by atoms with Crippen LogP contribution in [-0.2, 0) is 0 Å². The van der Waals surface area contributed by atoms with Crippen LogP contribution in [0.5, 0.6) is 5.75 Å². The van der Waals surface area contributed by atoms with Crippen molar-refractivity contribution in [3.8, 4) is 5.75 Å². The van der Waals surface area contributed by atoms with E-state index in [2.05, 4.69) is 18.7 Å². The van der Waals surface area contributed by atoms with Gasteiger partial charge < -0.3 is 4.74 Å². The monoisotopic (exact) mass is 295 g/mol. The molecule has 1 aliphatic rings. The summed E-state index contributed by atoms with van der Waals surface area (Å²) >= 11 is 6.13. The predicted octanol–water partition coefficient (Wildman–Crippen LogP) is 3.51. The fourth-order valence-corrected chi connectivity index (χ4v) is 3.28. The molecule has 1 aromatic rings. The average Bonchev–Trinajstić information content (AvgIpc) is 2.37. The maximum Gasteiger partial charge on any atom is 0.178 e. The van der Waals surface area contributed by atoms with Gasteiger partial charge in [-0.05, 0) is 36.5 Å². The molecule has 1 aromatic carbocycles. The van der Waals surface area contributed by atoms with Gasteiger partial charge >= 0.3 is 0 Å². The second-order valence-corrected chi connectivity index (χ2v) is 6.32. The standard InChI is InChI=1S/C16H22ClNO2/c1-11-6-12(2)9-18(8-11)10-16(19)14-7-13(20-3)4-5-15(14)17/h4-5,7,11-12H,6,8-10H2,1-3H3. The lowest BCUT2D eigenvalue weighted by molar-refractivity contribution is 0.0849. The highest BCUT2D eigenvalue weighted by Gasteiger charge is 2.24. The van der Waals surface area contributed by atoms with Crippen LogP contribution < -0.4 is 4.74 Å². The Kier molecular flexibility index (Phi) is 5.06. The van der Waals surface area contributed by atoms with Crippen molar-refractivity contribution in [1.29, 1.82) is 0 Å². The van der Waals surface area contributed by atoms with Crippen LogP contribution in [0.3, 0.4) is 0 Å². The van der Waals surface area contributed by atoms with Gasteiger partial charge in [-0.25, -0.2) is 0 Å². The van der Waals surface area contributed by atoms with E-state index in [0.717, 1.165) is 13.1 Å². The van der Waals surface area contributed by atoms with E-state index in [0.29, 0.717) is 34.7 Å². The third-order valence-electron chi connectivity index (χ3n) is 3.79. The molecule has 1 fully saturated rings. The Balaban J connectivity index is 2.08. The molecule has 0 radical (unpaired) electrons. The van der Waals surface area contributed by atoms with Crippen molar-refractivity contribution in [3.63, 3.8) is 0 Å². The Labute approximate surface area is 125 Å². The van der Waals surface area contributed by atoms with Crippen LogP contribution in [0, 0.1) is 11.8 Å². The van der Waals surface area contributed by atoms with E-state index in [4.69, 9.17) is 16.3 Å². The lowest BCUT2D eigenvalue weighted by Gasteiger charge is -2.34. The van der Waals surface area contributed by atoms with E-state index in [1.807, 2.05) is 0 Å². The van der Waals surface area contributed by atoms with Gasteiger partial charge in [-0.15, -0.1) is 0 Å². The molecule has 0 bridgehead atoms. The zero-order chi connectivity index (χ0) is 14.7. The summed E-state index contributed by atoms with van der Waals surface area (Å²) in [5.41, 5.74) is 0.553. The summed E-state index contributed by atoms with van der Waals surface area (Å²) in [7, 11) is 1.59. The number of piperidine rings is 1. The molecule has 3 nitrogen and oxygen atoms in total. The number of carbonyl (C=O) groups is 1. The molecule has 2 atom stereocenters. The quantitative estimate of drug-likeness (QED) is 0.796. The van der Waals surface area contributed by atoms with Gasteiger partial charge in [0.25, 0.3) is 0 Å². The lowest BCUT2D eigenvalue weighted by Crippen LogP contribution is -2.41. The maximum atomic E-state index is 12.4. The molecule has 1 aliphatic heterocycles. The number of methoxy groups -OCH3 is 1. The molecule has 1 heterocycles. The highest BCUT2D eigenvalue weighted by Crippen LogP contribution is 2.24. The Morgan fingerprint density at radius 3 is 2.60 bits per heavy atom. The van der Waals surface area contributed by atoms with Crippen LogP contribution >= 0.6 is 11.6 Å². The van der Waals surface area contributed by atoms with Gasteiger partial charge in [0.15, 0.2) is 5.78 Å². The van der Waals surface area contributed by atoms with Crippen molar-refractivity contribution in [2.45, 2.75) is 20.3 Å². The van der Waals surface area contributed by atoms with Crippen LogP contribution in [0.1, 0.15) is 30.6 Å². The molecule has 0 N–H and O–H groups in total. The summed E-state index contributed by atoms with van der Waals surface area (Å²) in [5, 5.41) is 0.494. The van der Waals surface area contributed by atoms with Crippen LogP contribution in [0.15, 0.2) is 18.2 Å². The second-order valence-electron chi connectivity index (χ2n) is 5.91. The van der Waals surface area contributed by atoms with Crippen molar-refractivity contribution in [1.82, 2.24) is 4.90 Å². The van der Waals surface area contributed by atoms with Gasteiger partial charge in [-0.2, -0.15) is 0 Å². The van der Waals surface area contributed by atoms with E-state index in [-0.39, 0.29) is 5.78 Å². The van der Waals surface area contributed by atoms with Crippen molar-refractivity contribution in [2.75, 3.05) is 26.7 Å². The number of hydrogen-bond acceptors (Lipinski definition) is 3. The predicted molar refractivity (Wildman–Crippen MR) is 81.7 cm³/mol. The largest absolute Gasteiger partial charge is 0.497 e. The smallest absolute Gasteiger partial charge is 0.178 e. The first kappa shape index (κ1) is 15.3. The maximum absolute atomic E-state index is 12.4. The minimum absolute atomic E-state index is 0.0650. The summed E-state index contributed by atoms with van der Waals surface area (Å²) in [5.74, 6) is 2.02. The van der Waals surface area contributed by atoms with Crippen molar-refractivity contribution in [2.24, 2.45) is 11.8 Å². The fourth-order valence-electron chi connectivity index (χ4n) is 3.05. The van der Waals surface area contributed by atoms with Crippen LogP contribution in [0.25, 0.3) is 0 Å². The number of ketones is 1. The Hall–Kier alpha value is -1.06. The topological polar surface area (TPSA) is 29.5 Å². The number of halogens is 1. The summed E-state index contributed by atoms with van der Waals surface area (Å²) in [6, 6.07) is 5.21. The first-order valence-corrected chi connectivity index (χ1v) is 7.46. The molecule has 0 aliphatic carbocycles. The highest BCUT2D eigenvalue weighted by atomic mass is 35.5. The number of rotatable bonds is 4. The number of likely N-dealkylation sites (tertiary alicyclic amines) is 1. The minimum Gasteiger partial charge on any atom is -0.497 e. The minimum atomic E-state index is 0.0650. The van der Waals surface area contributed by atoms with E-state index in [9.17, 15) is 4.79 Å². The zero-order valence-electron chi connectivity index (χ0n) is 12.4. The molecule has 0 saturated carbocycles. The lowest BCUT2D eigenvalue weighted by atomic mass is 9.91. The van der Waals surface area contributed by atoms with Crippen LogP contribution in [0.2, 0.25) is 5.02 Å². The molecule has 2 rings (SSSR count). The molecule has 1 saturated heterocycles. The third kappa shape index (κ3) is 3.74. The third-order valence-corrected chi connectivity index (χ3v) is 4.12. The Morgan fingerprint density at radius 1 is 1.35 bits per heavy atom. The number of ether oxygens (including phenoxy) is 1. The zero-order valence-corrected chi connectivity index (χ0v) is 13.1. The van der Waals surface area contributed by atoms with Crippen molar-refractivity contribution >= 4 is 17.4 Å². The van der Waals surface area contributed by atoms with Crippen molar-refractivity contribution < 1.29 is 9.53 Å². The molecular formula is C16H22ClNO2. The van der Waals surface area contributed by atoms with Crippen LogP contribution in [0.4, 0.5) is 0 Å². The number of hydrogen-bond donors (Lipinski definition) is 0. The molecule has 20 heavy (non-hydrogen) atoms. The summed E-state index contributed by atoms with van der Waals surface area (Å²) < 4.78 is 5.16. The van der Waals surface area contributed by atoms with Crippen molar-refractivity contribution in [3.05, 3.63) is 28.8 Å². The molecular weight excluding hydrogens is 274 g/mol. The molecule has 4 heteroatoms.